The van der Waals surface area contributed by atoms with E-state index in [-0.39, 0.29) is 18.9 Å². The van der Waals surface area contributed by atoms with Crippen LogP contribution in [0.5, 0.6) is 0 Å². The van der Waals surface area contributed by atoms with Crippen LogP contribution in [-0.2, 0) is 9.53 Å². The van der Waals surface area contributed by atoms with Crippen molar-refractivity contribution in [2.45, 2.75) is 31.2 Å². The number of carbonyl (C=O) groups excluding carboxylic acids is 1. The highest BCUT2D eigenvalue weighted by molar-refractivity contribution is 5.79. The van der Waals surface area contributed by atoms with Crippen molar-refractivity contribution in [3.63, 3.8) is 0 Å². The van der Waals surface area contributed by atoms with Crippen molar-refractivity contribution in [2.24, 2.45) is 0 Å². The van der Waals surface area contributed by atoms with Gasteiger partial charge in [-0.25, -0.2) is 13.6 Å². The van der Waals surface area contributed by atoms with Crippen LogP contribution in [0.4, 0.5) is 13.6 Å². The Kier molecular flexibility index (Phi) is 5.69. The summed E-state index contributed by atoms with van der Waals surface area (Å²) in [5.74, 6) is -1.37. The molecule has 0 saturated heterocycles. The third-order valence-electron chi connectivity index (χ3n) is 4.62. The Morgan fingerprint density at radius 3 is 2.11 bits per heavy atom. The minimum atomic E-state index is -2.87. The Hall–Kier alpha value is -2.96. The maximum atomic E-state index is 13.0. The fourth-order valence-corrected chi connectivity index (χ4v) is 3.33. The number of aliphatic carboxylic acids is 1. The van der Waals surface area contributed by atoms with Crippen LogP contribution in [0.3, 0.4) is 0 Å². The van der Waals surface area contributed by atoms with Crippen LogP contribution < -0.4 is 5.32 Å². The van der Waals surface area contributed by atoms with Gasteiger partial charge in [-0.15, -0.1) is 0 Å². The molecule has 1 aliphatic carbocycles. The highest BCUT2D eigenvalue weighted by atomic mass is 19.3. The second-order valence-corrected chi connectivity index (χ2v) is 6.34. The van der Waals surface area contributed by atoms with Crippen molar-refractivity contribution in [1.82, 2.24) is 5.32 Å². The molecule has 0 saturated carbocycles. The number of rotatable bonds is 7. The second kappa shape index (κ2) is 8.16. The van der Waals surface area contributed by atoms with E-state index in [4.69, 9.17) is 9.84 Å². The number of benzene rings is 2. The first-order valence-electron chi connectivity index (χ1n) is 8.59. The topological polar surface area (TPSA) is 75.6 Å². The molecule has 2 aromatic rings. The molecule has 1 aliphatic rings. The van der Waals surface area contributed by atoms with Crippen molar-refractivity contribution in [3.05, 3.63) is 59.7 Å². The summed E-state index contributed by atoms with van der Waals surface area (Å²) in [7, 11) is 0. The maximum Gasteiger partial charge on any atom is 0.407 e. The van der Waals surface area contributed by atoms with E-state index in [9.17, 15) is 18.4 Å². The molecule has 142 valence electrons. The SMILES string of the molecule is O=C(O)CC[C@@H](NC(=O)OCC1c2ccccc2-c2ccccc21)C(F)F. The molecule has 27 heavy (non-hydrogen) atoms. The molecule has 2 N–H and O–H groups in total. The molecule has 2 aromatic carbocycles. The third-order valence-corrected chi connectivity index (χ3v) is 4.62. The Labute approximate surface area is 155 Å². The van der Waals surface area contributed by atoms with E-state index in [2.05, 4.69) is 5.32 Å². The van der Waals surface area contributed by atoms with E-state index in [1.54, 1.807) is 0 Å². The molecular weight excluding hydrogens is 356 g/mol. The zero-order valence-corrected chi connectivity index (χ0v) is 14.4. The number of carboxylic acid groups (broad SMARTS) is 1. The van der Waals surface area contributed by atoms with Gasteiger partial charge in [-0.3, -0.25) is 4.79 Å². The number of hydrogen-bond acceptors (Lipinski definition) is 3. The van der Waals surface area contributed by atoms with Gasteiger partial charge in [0.1, 0.15) is 6.61 Å². The van der Waals surface area contributed by atoms with Gasteiger partial charge in [0.15, 0.2) is 0 Å². The lowest BCUT2D eigenvalue weighted by Crippen LogP contribution is -2.41. The summed E-state index contributed by atoms with van der Waals surface area (Å²) in [6.07, 6.45) is -4.67. The predicted molar refractivity (Wildman–Crippen MR) is 94.9 cm³/mol. The third kappa shape index (κ3) is 4.24. The first kappa shape index (κ1) is 18.8. The summed E-state index contributed by atoms with van der Waals surface area (Å²) in [5.41, 5.74) is 4.16. The molecule has 0 spiro atoms. The molecule has 5 nitrogen and oxygen atoms in total. The lowest BCUT2D eigenvalue weighted by atomic mass is 9.98. The van der Waals surface area contributed by atoms with Crippen LogP contribution in [-0.4, -0.2) is 36.2 Å². The van der Waals surface area contributed by atoms with Crippen molar-refractivity contribution in [3.8, 4) is 11.1 Å². The van der Waals surface area contributed by atoms with Crippen LogP contribution in [0.2, 0.25) is 0 Å². The Morgan fingerprint density at radius 2 is 1.59 bits per heavy atom. The van der Waals surface area contributed by atoms with Gasteiger partial charge in [0.25, 0.3) is 6.43 Å². The Morgan fingerprint density at radius 1 is 1.04 bits per heavy atom. The van der Waals surface area contributed by atoms with Crippen molar-refractivity contribution in [2.75, 3.05) is 6.61 Å². The zero-order chi connectivity index (χ0) is 19.4. The predicted octanol–water partition coefficient (Wildman–Crippen LogP) is 4.02. The lowest BCUT2D eigenvalue weighted by Gasteiger charge is -2.19. The summed E-state index contributed by atoms with van der Waals surface area (Å²) in [4.78, 5) is 22.5. The molecule has 0 aliphatic heterocycles. The number of alkyl carbamates (subject to hydrolysis) is 1. The number of nitrogens with one attached hydrogen (secondary N) is 1. The van der Waals surface area contributed by atoms with Gasteiger partial charge in [-0.2, -0.15) is 0 Å². The summed E-state index contributed by atoms with van der Waals surface area (Å²) in [5, 5.41) is 10.7. The van der Waals surface area contributed by atoms with Gasteiger partial charge in [0.05, 0.1) is 6.04 Å². The molecule has 0 aromatic heterocycles. The van der Waals surface area contributed by atoms with Gasteiger partial charge in [0, 0.05) is 12.3 Å². The molecule has 1 amide bonds. The Balaban J connectivity index is 1.66. The lowest BCUT2D eigenvalue weighted by molar-refractivity contribution is -0.137. The van der Waals surface area contributed by atoms with E-state index in [0.717, 1.165) is 22.3 Å². The number of hydrogen-bond donors (Lipinski definition) is 2. The van der Waals surface area contributed by atoms with Crippen LogP contribution in [0.1, 0.15) is 29.9 Å². The molecule has 0 heterocycles. The summed E-state index contributed by atoms with van der Waals surface area (Å²) in [6, 6.07) is 14.0. The summed E-state index contributed by atoms with van der Waals surface area (Å²) >= 11 is 0. The number of alkyl halides is 2. The smallest absolute Gasteiger partial charge is 0.407 e. The number of carbonyl (C=O) groups is 2. The summed E-state index contributed by atoms with van der Waals surface area (Å²) < 4.78 is 31.2. The monoisotopic (exact) mass is 375 g/mol. The molecule has 1 atom stereocenters. The molecule has 7 heteroatoms. The quantitative estimate of drug-likeness (QED) is 0.766. The van der Waals surface area contributed by atoms with Gasteiger partial charge in [0.2, 0.25) is 0 Å². The molecule has 0 fully saturated rings. The first-order valence-corrected chi connectivity index (χ1v) is 8.59. The molecule has 3 rings (SSSR count). The number of fused-ring (bicyclic) bond motifs is 3. The highest BCUT2D eigenvalue weighted by Crippen LogP contribution is 2.44. The van der Waals surface area contributed by atoms with Crippen LogP contribution in [0.15, 0.2) is 48.5 Å². The average molecular weight is 375 g/mol. The fraction of sp³-hybridized carbons (Fsp3) is 0.300. The van der Waals surface area contributed by atoms with Gasteiger partial charge >= 0.3 is 12.1 Å². The minimum absolute atomic E-state index is 0.00868. The van der Waals surface area contributed by atoms with Crippen molar-refractivity contribution < 1.29 is 28.2 Å². The van der Waals surface area contributed by atoms with Gasteiger partial charge in [-0.1, -0.05) is 48.5 Å². The number of carboxylic acids is 1. The largest absolute Gasteiger partial charge is 0.481 e. The highest BCUT2D eigenvalue weighted by Gasteiger charge is 2.30. The van der Waals surface area contributed by atoms with Gasteiger partial charge in [-0.05, 0) is 28.7 Å². The molecular formula is C20H19F2NO4. The standard InChI is InChI=1S/C20H19F2NO4/c21-19(22)17(9-10-18(24)25)23-20(26)27-11-16-14-7-3-1-5-12(14)13-6-2-4-8-15(13)16/h1-8,16-17,19H,9-11H2,(H,23,26)(H,24,25)/t17-/m1/s1. The van der Waals surface area contributed by atoms with E-state index in [1.807, 2.05) is 48.5 Å². The first-order chi connectivity index (χ1) is 13.0. The average Bonchev–Trinajstić information content (AvgIpc) is 2.97. The molecule has 0 radical (unpaired) electrons. The van der Waals surface area contributed by atoms with E-state index in [0.29, 0.717) is 0 Å². The minimum Gasteiger partial charge on any atom is -0.481 e. The van der Waals surface area contributed by atoms with Crippen LogP contribution in [0, 0.1) is 0 Å². The van der Waals surface area contributed by atoms with E-state index >= 15 is 0 Å². The van der Waals surface area contributed by atoms with Crippen LogP contribution >= 0.6 is 0 Å². The van der Waals surface area contributed by atoms with Crippen LogP contribution in [0.25, 0.3) is 11.1 Å². The summed E-state index contributed by atoms with van der Waals surface area (Å²) in [6.45, 7) is 0.00868. The number of amides is 1. The number of ether oxygens (including phenoxy) is 1. The van der Waals surface area contributed by atoms with E-state index < -0.39 is 31.0 Å². The van der Waals surface area contributed by atoms with E-state index in [1.165, 1.54) is 0 Å². The zero-order valence-electron chi connectivity index (χ0n) is 14.4. The fourth-order valence-electron chi connectivity index (χ4n) is 3.33. The van der Waals surface area contributed by atoms with Crippen molar-refractivity contribution in [1.29, 1.82) is 0 Å². The maximum absolute atomic E-state index is 13.0. The van der Waals surface area contributed by atoms with Crippen molar-refractivity contribution >= 4 is 12.1 Å². The normalized spacial score (nSPS) is 13.7. The number of halogens is 2. The molecule has 0 bridgehead atoms. The Bertz CT molecular complexity index is 795. The van der Waals surface area contributed by atoms with Gasteiger partial charge < -0.3 is 15.2 Å². The second-order valence-electron chi connectivity index (χ2n) is 6.34. The molecule has 0 unspecified atom stereocenters.